The average molecular weight is 265 g/mol. The molecule has 0 amide bonds. The molecule has 4 nitrogen and oxygen atoms in total. The molecule has 2 N–H and O–H groups in total. The quantitative estimate of drug-likeness (QED) is 0.699. The maximum absolute atomic E-state index is 12.4. The number of aromatic amines is 1. The minimum absolute atomic E-state index is 0.227. The predicted octanol–water partition coefficient (Wildman–Crippen LogP) is 2.46. The molecule has 0 saturated carbocycles. The van der Waals surface area contributed by atoms with Gasteiger partial charge in [-0.05, 0) is 12.1 Å². The zero-order chi connectivity index (χ0) is 14.1. The number of carbonyl (C=O) groups is 1. The number of H-pyrrole nitrogens is 1. The number of nitrogens with one attached hydrogen (secondary N) is 1. The van der Waals surface area contributed by atoms with Gasteiger partial charge in [-0.3, -0.25) is 9.59 Å². The van der Waals surface area contributed by atoms with Gasteiger partial charge in [0.05, 0.1) is 5.52 Å². The first-order valence-electron chi connectivity index (χ1n) is 6.12. The fourth-order valence-corrected chi connectivity index (χ4v) is 2.17. The second-order valence-electron chi connectivity index (χ2n) is 4.42. The van der Waals surface area contributed by atoms with Crippen LogP contribution >= 0.6 is 0 Å². The zero-order valence-corrected chi connectivity index (χ0v) is 10.5. The van der Waals surface area contributed by atoms with E-state index < -0.39 is 11.3 Å². The van der Waals surface area contributed by atoms with Crippen LogP contribution in [0.25, 0.3) is 10.9 Å². The van der Waals surface area contributed by atoms with E-state index >= 15 is 0 Å². The highest BCUT2D eigenvalue weighted by Crippen LogP contribution is 2.25. The molecule has 1 heterocycles. The van der Waals surface area contributed by atoms with Crippen molar-refractivity contribution in [1.82, 2.24) is 4.98 Å². The lowest BCUT2D eigenvalue weighted by Gasteiger charge is -2.06. The summed E-state index contributed by atoms with van der Waals surface area (Å²) in [5.74, 6) is -0.770. The summed E-state index contributed by atoms with van der Waals surface area (Å²) in [6.45, 7) is 0. The minimum atomic E-state index is -0.588. The molecular formula is C16H11NO3. The largest absolute Gasteiger partial charge is 0.506 e. The number of aromatic hydroxyl groups is 1. The van der Waals surface area contributed by atoms with E-state index in [1.54, 1.807) is 54.6 Å². The molecule has 2 aromatic carbocycles. The van der Waals surface area contributed by atoms with Gasteiger partial charge < -0.3 is 10.1 Å². The van der Waals surface area contributed by atoms with E-state index in [1.165, 1.54) is 0 Å². The Morgan fingerprint density at radius 2 is 1.60 bits per heavy atom. The third-order valence-electron chi connectivity index (χ3n) is 3.16. The summed E-state index contributed by atoms with van der Waals surface area (Å²) in [7, 11) is 0. The Labute approximate surface area is 114 Å². The number of hydrogen-bond acceptors (Lipinski definition) is 3. The molecule has 0 spiro atoms. The van der Waals surface area contributed by atoms with Crippen LogP contribution in [0, 0.1) is 0 Å². The fourth-order valence-electron chi connectivity index (χ4n) is 2.17. The van der Waals surface area contributed by atoms with Crippen LogP contribution in [0.4, 0.5) is 0 Å². The number of rotatable bonds is 2. The van der Waals surface area contributed by atoms with Crippen LogP contribution in [-0.4, -0.2) is 15.9 Å². The van der Waals surface area contributed by atoms with E-state index in [0.29, 0.717) is 16.5 Å². The topological polar surface area (TPSA) is 70.2 Å². The summed E-state index contributed by atoms with van der Waals surface area (Å²) in [6, 6.07) is 15.2. The van der Waals surface area contributed by atoms with E-state index in [9.17, 15) is 14.7 Å². The first kappa shape index (κ1) is 12.2. The van der Waals surface area contributed by atoms with Crippen LogP contribution in [-0.2, 0) is 0 Å². The molecule has 0 fully saturated rings. The molecule has 4 heteroatoms. The molecular weight excluding hydrogens is 254 g/mol. The lowest BCUT2D eigenvalue weighted by molar-refractivity contribution is 0.103. The van der Waals surface area contributed by atoms with E-state index in [0.717, 1.165) is 0 Å². The van der Waals surface area contributed by atoms with E-state index in [2.05, 4.69) is 4.98 Å². The minimum Gasteiger partial charge on any atom is -0.506 e. The molecule has 0 saturated heterocycles. The summed E-state index contributed by atoms with van der Waals surface area (Å²) in [5, 5.41) is 10.7. The van der Waals surface area contributed by atoms with Crippen LogP contribution in [0.1, 0.15) is 15.9 Å². The number of aromatic nitrogens is 1. The molecule has 3 rings (SSSR count). The summed E-state index contributed by atoms with van der Waals surface area (Å²) in [6.07, 6.45) is 0. The van der Waals surface area contributed by atoms with Crippen LogP contribution in [0.2, 0.25) is 0 Å². The molecule has 0 unspecified atom stereocenters. The van der Waals surface area contributed by atoms with E-state index in [4.69, 9.17) is 0 Å². The number of ketones is 1. The van der Waals surface area contributed by atoms with Crippen molar-refractivity contribution < 1.29 is 9.90 Å². The van der Waals surface area contributed by atoms with Crippen LogP contribution in [0.15, 0.2) is 59.4 Å². The Hall–Kier alpha value is -2.88. The van der Waals surface area contributed by atoms with Gasteiger partial charge in [0.1, 0.15) is 11.3 Å². The third-order valence-corrected chi connectivity index (χ3v) is 3.16. The first-order chi connectivity index (χ1) is 9.68. The Morgan fingerprint density at radius 1 is 0.950 bits per heavy atom. The monoisotopic (exact) mass is 265 g/mol. The Bertz CT molecular complexity index is 850. The average Bonchev–Trinajstić information content (AvgIpc) is 2.48. The maximum Gasteiger partial charge on any atom is 0.263 e. The van der Waals surface area contributed by atoms with Crippen LogP contribution in [0.5, 0.6) is 5.75 Å². The standard InChI is InChI=1S/C16H11NO3/c18-14(10-6-2-1-3-7-10)13-15(19)11-8-4-5-9-12(11)17-16(13)20/h1-9H,(H2,17,19,20). The van der Waals surface area contributed by atoms with Gasteiger partial charge in [-0.15, -0.1) is 0 Å². The van der Waals surface area contributed by atoms with Gasteiger partial charge >= 0.3 is 0 Å². The van der Waals surface area contributed by atoms with Crippen molar-refractivity contribution in [2.24, 2.45) is 0 Å². The lowest BCUT2D eigenvalue weighted by atomic mass is 10.0. The molecule has 0 radical (unpaired) electrons. The number of pyridine rings is 1. The molecule has 0 bridgehead atoms. The highest BCUT2D eigenvalue weighted by Gasteiger charge is 2.19. The highest BCUT2D eigenvalue weighted by molar-refractivity contribution is 6.12. The van der Waals surface area contributed by atoms with Crippen molar-refractivity contribution in [1.29, 1.82) is 0 Å². The molecule has 3 aromatic rings. The van der Waals surface area contributed by atoms with Gasteiger partial charge in [-0.1, -0.05) is 42.5 Å². The lowest BCUT2D eigenvalue weighted by Crippen LogP contribution is -2.18. The fraction of sp³-hybridized carbons (Fsp3) is 0. The van der Waals surface area contributed by atoms with Gasteiger partial charge in [0.25, 0.3) is 5.56 Å². The number of para-hydroxylation sites is 1. The summed E-state index contributed by atoms with van der Waals surface area (Å²) >= 11 is 0. The molecule has 0 atom stereocenters. The smallest absolute Gasteiger partial charge is 0.263 e. The Kier molecular flexibility index (Phi) is 2.84. The van der Waals surface area contributed by atoms with Gasteiger partial charge in [0.2, 0.25) is 5.78 Å². The van der Waals surface area contributed by atoms with Crippen LogP contribution in [0.3, 0.4) is 0 Å². The summed E-state index contributed by atoms with van der Waals surface area (Å²) in [4.78, 5) is 27.0. The van der Waals surface area contributed by atoms with Gasteiger partial charge in [-0.25, -0.2) is 0 Å². The van der Waals surface area contributed by atoms with Crippen molar-refractivity contribution in [2.75, 3.05) is 0 Å². The number of hydrogen-bond donors (Lipinski definition) is 2. The maximum atomic E-state index is 12.4. The molecule has 20 heavy (non-hydrogen) atoms. The van der Waals surface area contributed by atoms with Gasteiger partial charge in [0.15, 0.2) is 0 Å². The van der Waals surface area contributed by atoms with E-state index in [1.807, 2.05) is 0 Å². The zero-order valence-electron chi connectivity index (χ0n) is 10.5. The Morgan fingerprint density at radius 3 is 2.35 bits per heavy atom. The third kappa shape index (κ3) is 1.87. The highest BCUT2D eigenvalue weighted by atomic mass is 16.3. The van der Waals surface area contributed by atoms with Crippen molar-refractivity contribution in [2.45, 2.75) is 0 Å². The van der Waals surface area contributed by atoms with Crippen molar-refractivity contribution in [3.63, 3.8) is 0 Å². The molecule has 0 aliphatic carbocycles. The molecule has 1 aromatic heterocycles. The molecule has 0 aliphatic rings. The second kappa shape index (κ2) is 4.66. The predicted molar refractivity (Wildman–Crippen MR) is 76.1 cm³/mol. The number of fused-ring (bicyclic) bond motifs is 1. The normalized spacial score (nSPS) is 10.6. The van der Waals surface area contributed by atoms with Crippen molar-refractivity contribution in [3.8, 4) is 5.75 Å². The van der Waals surface area contributed by atoms with Gasteiger partial charge in [-0.2, -0.15) is 0 Å². The van der Waals surface area contributed by atoms with Crippen molar-refractivity contribution >= 4 is 16.7 Å². The van der Waals surface area contributed by atoms with Gasteiger partial charge in [0, 0.05) is 10.9 Å². The summed E-state index contributed by atoms with van der Waals surface area (Å²) in [5.41, 5.74) is 0.0492. The van der Waals surface area contributed by atoms with Crippen LogP contribution < -0.4 is 5.56 Å². The molecule has 0 aliphatic heterocycles. The summed E-state index contributed by atoms with van der Waals surface area (Å²) < 4.78 is 0. The van der Waals surface area contributed by atoms with E-state index in [-0.39, 0.29) is 11.3 Å². The first-order valence-corrected chi connectivity index (χ1v) is 6.12. The van der Waals surface area contributed by atoms with Crippen molar-refractivity contribution in [3.05, 3.63) is 76.1 Å². The Balaban J connectivity index is 2.27. The number of carbonyl (C=O) groups excluding carboxylic acids is 1. The molecule has 98 valence electrons. The second-order valence-corrected chi connectivity index (χ2v) is 4.42. The SMILES string of the molecule is O=C(c1ccccc1)c1c(O)c2ccccc2[nH]c1=O. The number of benzene rings is 2.